The summed E-state index contributed by atoms with van der Waals surface area (Å²) < 4.78 is 0. The Morgan fingerprint density at radius 1 is 1.28 bits per heavy atom. The molecule has 1 aliphatic carbocycles. The number of carbonyl (C=O) groups excluding carboxylic acids is 2. The first-order valence-electron chi connectivity index (χ1n) is 8.57. The van der Waals surface area contributed by atoms with E-state index in [1.54, 1.807) is 36.1 Å². The Morgan fingerprint density at radius 3 is 2.64 bits per heavy atom. The van der Waals surface area contributed by atoms with Gasteiger partial charge in [0.25, 0.3) is 0 Å². The molecule has 1 saturated carbocycles. The largest absolute Gasteiger partial charge is 0.481 e. The predicted octanol–water partition coefficient (Wildman–Crippen LogP) is 1.91. The fraction of sp³-hybridized carbons (Fsp3) is 0.500. The number of likely N-dealkylation sites (tertiary alicyclic amines) is 1. The molecular weight excluding hydrogens is 322 g/mol. The number of para-hydroxylation sites is 1. The third-order valence-electron chi connectivity index (χ3n) is 5.36. The van der Waals surface area contributed by atoms with E-state index in [1.165, 1.54) is 0 Å². The van der Waals surface area contributed by atoms with E-state index in [0.717, 1.165) is 12.8 Å². The fourth-order valence-electron chi connectivity index (χ4n) is 4.03. The predicted molar refractivity (Wildman–Crippen MR) is 92.0 cm³/mol. The van der Waals surface area contributed by atoms with Crippen LogP contribution < -0.4 is 10.6 Å². The van der Waals surface area contributed by atoms with E-state index in [0.29, 0.717) is 18.7 Å². The number of carbonyl (C=O) groups is 3. The zero-order chi connectivity index (χ0) is 18.0. The van der Waals surface area contributed by atoms with Crippen molar-refractivity contribution in [2.24, 2.45) is 11.3 Å². The van der Waals surface area contributed by atoms with E-state index in [-0.39, 0.29) is 18.4 Å². The molecule has 1 heterocycles. The number of carboxylic acids is 1. The molecule has 1 aliphatic heterocycles. The van der Waals surface area contributed by atoms with Gasteiger partial charge in [0.2, 0.25) is 5.91 Å². The minimum absolute atomic E-state index is 0.0132. The first-order chi connectivity index (χ1) is 11.9. The van der Waals surface area contributed by atoms with Crippen LogP contribution in [-0.4, -0.2) is 47.0 Å². The summed E-state index contributed by atoms with van der Waals surface area (Å²) in [5.41, 5.74) is -0.165. The Kier molecular flexibility index (Phi) is 4.65. The Morgan fingerprint density at radius 2 is 2.00 bits per heavy atom. The molecule has 0 aromatic heterocycles. The number of amides is 3. The van der Waals surface area contributed by atoms with Crippen LogP contribution in [0, 0.1) is 11.3 Å². The van der Waals surface area contributed by atoms with Gasteiger partial charge >= 0.3 is 12.0 Å². The first kappa shape index (κ1) is 17.3. The molecule has 1 aromatic rings. The molecular formula is C18H23N3O4. The highest BCUT2D eigenvalue weighted by atomic mass is 16.4. The van der Waals surface area contributed by atoms with Gasteiger partial charge in [-0.05, 0) is 37.8 Å². The molecule has 2 fully saturated rings. The summed E-state index contributed by atoms with van der Waals surface area (Å²) in [6, 6.07) is 7.79. The number of hydrogen-bond donors (Lipinski definition) is 3. The molecule has 3 N–H and O–H groups in total. The number of nitrogens with zero attached hydrogens (tertiary/aromatic N) is 1. The summed E-state index contributed by atoms with van der Waals surface area (Å²) in [6.07, 6.45) is 2.35. The summed E-state index contributed by atoms with van der Waals surface area (Å²) in [7, 11) is 0. The van der Waals surface area contributed by atoms with E-state index in [2.05, 4.69) is 10.6 Å². The molecule has 25 heavy (non-hydrogen) atoms. The number of fused-ring (bicyclic) bond motifs is 1. The third kappa shape index (κ3) is 3.31. The van der Waals surface area contributed by atoms with Crippen molar-refractivity contribution in [2.45, 2.75) is 32.2 Å². The Balaban J connectivity index is 1.58. The maximum atomic E-state index is 12.6. The Bertz CT molecular complexity index is 678. The van der Waals surface area contributed by atoms with Crippen LogP contribution >= 0.6 is 0 Å². The van der Waals surface area contributed by atoms with Crippen LogP contribution in [0.15, 0.2) is 30.3 Å². The molecule has 3 atom stereocenters. The van der Waals surface area contributed by atoms with Crippen molar-refractivity contribution in [2.75, 3.05) is 18.4 Å². The summed E-state index contributed by atoms with van der Waals surface area (Å²) in [5, 5.41) is 14.9. The van der Waals surface area contributed by atoms with Crippen LogP contribution in [0.5, 0.6) is 0 Å². The topological polar surface area (TPSA) is 98.7 Å². The van der Waals surface area contributed by atoms with Crippen LogP contribution in [0.2, 0.25) is 0 Å². The number of benzene rings is 1. The molecule has 0 bridgehead atoms. The number of anilines is 1. The second-order valence-corrected chi connectivity index (χ2v) is 6.96. The van der Waals surface area contributed by atoms with Gasteiger partial charge in [-0.3, -0.25) is 9.59 Å². The zero-order valence-electron chi connectivity index (χ0n) is 14.2. The Hall–Kier alpha value is -2.57. The highest BCUT2D eigenvalue weighted by Crippen LogP contribution is 2.48. The number of urea groups is 1. The lowest BCUT2D eigenvalue weighted by Gasteiger charge is -2.25. The van der Waals surface area contributed by atoms with Gasteiger partial charge in [-0.15, -0.1) is 0 Å². The van der Waals surface area contributed by atoms with Crippen molar-refractivity contribution in [1.29, 1.82) is 0 Å². The number of aliphatic carboxylic acids is 1. The standard InChI is InChI=1S/C18H23N3O4/c1-12(19-17(25)20-14-7-3-2-4-8-14)15(22)21-10-13-6-5-9-18(13,11-21)16(23)24/h2-4,7-8,12-13H,5-6,9-11H2,1H3,(H,23,24)(H2,19,20,25)/t12?,13-,18+/m0/s1. The minimum Gasteiger partial charge on any atom is -0.481 e. The maximum absolute atomic E-state index is 12.6. The van der Waals surface area contributed by atoms with Crippen molar-refractivity contribution in [3.8, 4) is 0 Å². The lowest BCUT2D eigenvalue weighted by atomic mass is 9.81. The summed E-state index contributed by atoms with van der Waals surface area (Å²) in [6.45, 7) is 2.31. The van der Waals surface area contributed by atoms with Crippen LogP contribution in [0.25, 0.3) is 0 Å². The maximum Gasteiger partial charge on any atom is 0.319 e. The van der Waals surface area contributed by atoms with Gasteiger partial charge in [-0.2, -0.15) is 0 Å². The normalized spacial score (nSPS) is 26.0. The van der Waals surface area contributed by atoms with Crippen LogP contribution in [-0.2, 0) is 9.59 Å². The van der Waals surface area contributed by atoms with Gasteiger partial charge in [0, 0.05) is 18.8 Å². The van der Waals surface area contributed by atoms with Crippen LogP contribution in [0.4, 0.5) is 10.5 Å². The number of carboxylic acid groups (broad SMARTS) is 1. The van der Waals surface area contributed by atoms with Crippen molar-refractivity contribution in [3.05, 3.63) is 30.3 Å². The molecule has 7 heteroatoms. The fourth-order valence-corrected chi connectivity index (χ4v) is 4.03. The zero-order valence-corrected chi connectivity index (χ0v) is 14.2. The van der Waals surface area contributed by atoms with Gasteiger partial charge in [-0.1, -0.05) is 24.6 Å². The highest BCUT2D eigenvalue weighted by molar-refractivity contribution is 5.94. The van der Waals surface area contributed by atoms with E-state index in [4.69, 9.17) is 0 Å². The molecule has 2 aliphatic rings. The van der Waals surface area contributed by atoms with Crippen molar-refractivity contribution in [3.63, 3.8) is 0 Å². The van der Waals surface area contributed by atoms with E-state index >= 15 is 0 Å². The van der Waals surface area contributed by atoms with Crippen molar-refractivity contribution in [1.82, 2.24) is 10.2 Å². The minimum atomic E-state index is -0.812. The lowest BCUT2D eigenvalue weighted by molar-refractivity contribution is -0.149. The Labute approximate surface area is 146 Å². The van der Waals surface area contributed by atoms with Crippen LogP contribution in [0.1, 0.15) is 26.2 Å². The molecule has 134 valence electrons. The molecule has 1 aromatic carbocycles. The van der Waals surface area contributed by atoms with Gasteiger partial charge in [0.05, 0.1) is 5.41 Å². The average molecular weight is 345 g/mol. The van der Waals surface area contributed by atoms with Gasteiger partial charge < -0.3 is 20.6 Å². The van der Waals surface area contributed by atoms with E-state index in [1.807, 2.05) is 6.07 Å². The number of nitrogens with one attached hydrogen (secondary N) is 2. The van der Waals surface area contributed by atoms with E-state index < -0.39 is 23.5 Å². The molecule has 3 amide bonds. The third-order valence-corrected chi connectivity index (χ3v) is 5.36. The van der Waals surface area contributed by atoms with Gasteiger partial charge in [-0.25, -0.2) is 4.79 Å². The van der Waals surface area contributed by atoms with Gasteiger partial charge in [0.15, 0.2) is 0 Å². The number of rotatable bonds is 4. The summed E-state index contributed by atoms with van der Waals surface area (Å²) in [5.74, 6) is -1.04. The summed E-state index contributed by atoms with van der Waals surface area (Å²) in [4.78, 5) is 37.9. The SMILES string of the molecule is CC(NC(=O)Nc1ccccc1)C(=O)N1C[C@@H]2CCC[C@@]2(C(=O)O)C1. The van der Waals surface area contributed by atoms with Gasteiger partial charge in [0.1, 0.15) is 6.04 Å². The second-order valence-electron chi connectivity index (χ2n) is 6.96. The van der Waals surface area contributed by atoms with Crippen molar-refractivity contribution >= 4 is 23.6 Å². The quantitative estimate of drug-likeness (QED) is 0.776. The van der Waals surface area contributed by atoms with Crippen molar-refractivity contribution < 1.29 is 19.5 Å². The molecule has 1 unspecified atom stereocenters. The van der Waals surface area contributed by atoms with E-state index in [9.17, 15) is 19.5 Å². The first-order valence-corrected chi connectivity index (χ1v) is 8.57. The number of hydrogen-bond acceptors (Lipinski definition) is 3. The second kappa shape index (κ2) is 6.74. The monoisotopic (exact) mass is 345 g/mol. The lowest BCUT2D eigenvalue weighted by Crippen LogP contribution is -2.48. The molecule has 0 spiro atoms. The summed E-state index contributed by atoms with van der Waals surface area (Å²) >= 11 is 0. The molecule has 1 saturated heterocycles. The molecule has 0 radical (unpaired) electrons. The van der Waals surface area contributed by atoms with Crippen LogP contribution in [0.3, 0.4) is 0 Å². The average Bonchev–Trinajstić information content (AvgIpc) is 3.13. The molecule has 7 nitrogen and oxygen atoms in total. The molecule has 3 rings (SSSR count). The smallest absolute Gasteiger partial charge is 0.319 e. The highest BCUT2D eigenvalue weighted by Gasteiger charge is 2.56.